The van der Waals surface area contributed by atoms with Crippen LogP contribution in [0.15, 0.2) is 54.6 Å². The van der Waals surface area contributed by atoms with E-state index in [4.69, 9.17) is 4.74 Å². The lowest BCUT2D eigenvalue weighted by molar-refractivity contribution is -0.129. The molecule has 0 heterocycles. The molecule has 0 saturated heterocycles. The number of benzene rings is 2. The molecular formula is C21H26N2O3. The molecule has 5 heteroatoms. The summed E-state index contributed by atoms with van der Waals surface area (Å²) in [4.78, 5) is 23.8. The van der Waals surface area contributed by atoms with Crippen molar-refractivity contribution in [3.8, 4) is 0 Å². The zero-order valence-electron chi connectivity index (χ0n) is 15.5. The third-order valence-electron chi connectivity index (χ3n) is 4.00. The first-order valence-corrected chi connectivity index (χ1v) is 8.77. The molecule has 0 spiro atoms. The van der Waals surface area contributed by atoms with E-state index in [9.17, 15) is 9.59 Å². The van der Waals surface area contributed by atoms with Gasteiger partial charge < -0.3 is 15.4 Å². The minimum Gasteiger partial charge on any atom is -0.362 e. The quantitative estimate of drug-likeness (QED) is 0.760. The van der Waals surface area contributed by atoms with Crippen LogP contribution in [0.2, 0.25) is 0 Å². The van der Waals surface area contributed by atoms with Crippen molar-refractivity contribution in [1.82, 2.24) is 5.32 Å². The predicted octanol–water partition coefficient (Wildman–Crippen LogP) is 3.64. The summed E-state index contributed by atoms with van der Waals surface area (Å²) in [5, 5.41) is 5.59. The fraction of sp³-hybridized carbons (Fsp3) is 0.333. The summed E-state index contributed by atoms with van der Waals surface area (Å²) >= 11 is 0. The van der Waals surface area contributed by atoms with E-state index in [1.807, 2.05) is 61.5 Å². The first kappa shape index (κ1) is 19.7. The van der Waals surface area contributed by atoms with E-state index in [0.717, 1.165) is 5.56 Å². The molecule has 2 aromatic rings. The minimum absolute atomic E-state index is 0.111. The number of anilines is 1. The molecule has 0 saturated carbocycles. The summed E-state index contributed by atoms with van der Waals surface area (Å²) < 4.78 is 5.20. The van der Waals surface area contributed by atoms with Gasteiger partial charge in [-0.3, -0.25) is 9.59 Å². The van der Waals surface area contributed by atoms with Crippen LogP contribution >= 0.6 is 0 Å². The first-order valence-electron chi connectivity index (χ1n) is 8.77. The molecule has 0 aromatic heterocycles. The van der Waals surface area contributed by atoms with Gasteiger partial charge in [-0.25, -0.2) is 0 Å². The zero-order valence-corrected chi connectivity index (χ0v) is 15.5. The van der Waals surface area contributed by atoms with Crippen LogP contribution in [-0.2, 0) is 14.3 Å². The van der Waals surface area contributed by atoms with E-state index in [-0.39, 0.29) is 31.1 Å². The Bertz CT molecular complexity index is 712. The van der Waals surface area contributed by atoms with Crippen LogP contribution in [-0.4, -0.2) is 25.0 Å². The van der Waals surface area contributed by atoms with Crippen LogP contribution in [0.4, 0.5) is 5.69 Å². The highest BCUT2D eigenvalue weighted by molar-refractivity contribution is 5.91. The summed E-state index contributed by atoms with van der Waals surface area (Å²) in [5.74, 6) is -0.0958. The van der Waals surface area contributed by atoms with Gasteiger partial charge in [-0.1, -0.05) is 56.3 Å². The van der Waals surface area contributed by atoms with Gasteiger partial charge in [-0.15, -0.1) is 0 Å². The molecule has 0 aliphatic heterocycles. The van der Waals surface area contributed by atoms with Crippen molar-refractivity contribution in [2.45, 2.75) is 32.7 Å². The van der Waals surface area contributed by atoms with Crippen LogP contribution in [0.1, 0.15) is 43.9 Å². The van der Waals surface area contributed by atoms with Gasteiger partial charge in [0.2, 0.25) is 11.8 Å². The van der Waals surface area contributed by atoms with Gasteiger partial charge >= 0.3 is 0 Å². The van der Waals surface area contributed by atoms with Crippen LogP contribution in [0.3, 0.4) is 0 Å². The number of hydrogen-bond donors (Lipinski definition) is 2. The van der Waals surface area contributed by atoms with Gasteiger partial charge in [0.15, 0.2) is 0 Å². The summed E-state index contributed by atoms with van der Waals surface area (Å²) in [6.45, 7) is 5.81. The number of carbonyl (C=O) groups is 2. The molecule has 0 radical (unpaired) electrons. The SMILES string of the molecule is CC(C)c1ccc(NC(=O)COCC(=O)NC(C)c2ccccc2)cc1. The third kappa shape index (κ3) is 6.33. The van der Waals surface area contributed by atoms with Gasteiger partial charge in [-0.05, 0) is 36.1 Å². The second-order valence-electron chi connectivity index (χ2n) is 6.52. The molecule has 26 heavy (non-hydrogen) atoms. The smallest absolute Gasteiger partial charge is 0.250 e. The number of carbonyl (C=O) groups excluding carboxylic acids is 2. The molecule has 0 fully saturated rings. The van der Waals surface area contributed by atoms with Gasteiger partial charge in [-0.2, -0.15) is 0 Å². The number of rotatable bonds is 8. The molecule has 2 amide bonds. The zero-order chi connectivity index (χ0) is 18.9. The van der Waals surface area contributed by atoms with Gasteiger partial charge in [0.1, 0.15) is 13.2 Å². The van der Waals surface area contributed by atoms with E-state index < -0.39 is 0 Å². The van der Waals surface area contributed by atoms with Crippen LogP contribution in [0.5, 0.6) is 0 Å². The molecule has 2 N–H and O–H groups in total. The van der Waals surface area contributed by atoms with Gasteiger partial charge in [0.25, 0.3) is 0 Å². The molecule has 0 aliphatic carbocycles. The van der Waals surface area contributed by atoms with Crippen molar-refractivity contribution in [3.63, 3.8) is 0 Å². The molecule has 1 unspecified atom stereocenters. The van der Waals surface area contributed by atoms with E-state index in [1.165, 1.54) is 5.56 Å². The summed E-state index contributed by atoms with van der Waals surface area (Å²) in [7, 11) is 0. The Kier molecular flexibility index (Phi) is 7.36. The lowest BCUT2D eigenvalue weighted by atomic mass is 10.0. The number of ether oxygens (including phenoxy) is 1. The molecule has 5 nitrogen and oxygen atoms in total. The highest BCUT2D eigenvalue weighted by atomic mass is 16.5. The van der Waals surface area contributed by atoms with E-state index in [2.05, 4.69) is 24.5 Å². The summed E-state index contributed by atoms with van der Waals surface area (Å²) in [6.07, 6.45) is 0. The van der Waals surface area contributed by atoms with Crippen LogP contribution in [0.25, 0.3) is 0 Å². The fourth-order valence-electron chi connectivity index (χ4n) is 2.49. The van der Waals surface area contributed by atoms with Gasteiger partial charge in [0, 0.05) is 5.69 Å². The average Bonchev–Trinajstić information content (AvgIpc) is 2.62. The number of hydrogen-bond acceptors (Lipinski definition) is 3. The predicted molar refractivity (Wildman–Crippen MR) is 103 cm³/mol. The lowest BCUT2D eigenvalue weighted by Gasteiger charge is -2.14. The van der Waals surface area contributed by atoms with Crippen molar-refractivity contribution in [1.29, 1.82) is 0 Å². The Morgan fingerprint density at radius 3 is 2.08 bits per heavy atom. The summed E-state index contributed by atoms with van der Waals surface area (Å²) in [5.41, 5.74) is 2.94. The van der Waals surface area contributed by atoms with Crippen LogP contribution in [0, 0.1) is 0 Å². The van der Waals surface area contributed by atoms with Crippen molar-refractivity contribution < 1.29 is 14.3 Å². The molecular weight excluding hydrogens is 328 g/mol. The van der Waals surface area contributed by atoms with Crippen molar-refractivity contribution in [2.24, 2.45) is 0 Å². The monoisotopic (exact) mass is 354 g/mol. The van der Waals surface area contributed by atoms with Crippen LogP contribution < -0.4 is 10.6 Å². The van der Waals surface area contributed by atoms with Crippen molar-refractivity contribution in [3.05, 3.63) is 65.7 Å². The molecule has 0 aliphatic rings. The molecule has 2 aromatic carbocycles. The largest absolute Gasteiger partial charge is 0.362 e. The maximum atomic E-state index is 11.9. The maximum absolute atomic E-state index is 11.9. The number of nitrogens with one attached hydrogen (secondary N) is 2. The van der Waals surface area contributed by atoms with Crippen molar-refractivity contribution >= 4 is 17.5 Å². The minimum atomic E-state index is -0.286. The van der Waals surface area contributed by atoms with Crippen molar-refractivity contribution in [2.75, 3.05) is 18.5 Å². The lowest BCUT2D eigenvalue weighted by Crippen LogP contribution is -2.31. The Balaban J connectivity index is 1.70. The standard InChI is InChI=1S/C21H26N2O3/c1-15(2)17-9-11-19(12-10-17)23-21(25)14-26-13-20(24)22-16(3)18-7-5-4-6-8-18/h4-12,15-16H,13-14H2,1-3H3,(H,22,24)(H,23,25). The Labute approximate surface area is 154 Å². The topological polar surface area (TPSA) is 67.4 Å². The first-order chi connectivity index (χ1) is 12.5. The maximum Gasteiger partial charge on any atom is 0.250 e. The second-order valence-corrected chi connectivity index (χ2v) is 6.52. The summed E-state index contributed by atoms with van der Waals surface area (Å²) in [6, 6.07) is 17.3. The molecule has 138 valence electrons. The Morgan fingerprint density at radius 2 is 1.46 bits per heavy atom. The van der Waals surface area contributed by atoms with E-state index >= 15 is 0 Å². The number of amides is 2. The normalized spacial score (nSPS) is 11.8. The average molecular weight is 354 g/mol. The molecule has 1 atom stereocenters. The second kappa shape index (κ2) is 9.73. The highest BCUT2D eigenvalue weighted by Gasteiger charge is 2.10. The highest BCUT2D eigenvalue weighted by Crippen LogP contribution is 2.17. The molecule has 0 bridgehead atoms. The Hall–Kier alpha value is -2.66. The van der Waals surface area contributed by atoms with E-state index in [0.29, 0.717) is 11.6 Å². The van der Waals surface area contributed by atoms with E-state index in [1.54, 1.807) is 0 Å². The Morgan fingerprint density at radius 1 is 0.846 bits per heavy atom. The van der Waals surface area contributed by atoms with Gasteiger partial charge in [0.05, 0.1) is 6.04 Å². The third-order valence-corrected chi connectivity index (χ3v) is 4.00. The fourth-order valence-corrected chi connectivity index (χ4v) is 2.49. The molecule has 2 rings (SSSR count).